The van der Waals surface area contributed by atoms with E-state index in [1.165, 1.54) is 12.1 Å². The maximum absolute atomic E-state index is 12.1. The van der Waals surface area contributed by atoms with E-state index in [2.05, 4.69) is 4.98 Å². The molecule has 0 atom stereocenters. The van der Waals surface area contributed by atoms with Crippen molar-refractivity contribution in [3.05, 3.63) is 59.0 Å². The van der Waals surface area contributed by atoms with Crippen LogP contribution >= 0.6 is 7.82 Å². The molecule has 134 valence electrons. The number of para-hydroxylation sites is 2. The van der Waals surface area contributed by atoms with Gasteiger partial charge in [0.15, 0.2) is 5.58 Å². The quantitative estimate of drug-likeness (QED) is 0.289. The van der Waals surface area contributed by atoms with Crippen LogP contribution < -0.4 is 5.63 Å². The third kappa shape index (κ3) is 4.16. The minimum absolute atomic E-state index is 0.0419. The van der Waals surface area contributed by atoms with Crippen molar-refractivity contribution in [1.82, 2.24) is 4.98 Å². The standard InChI is InChI=1S/C16H9NO4.H3O4P/c18-10-6-5-9-7-11(16(19)21-14(9)8-10)15-17-12-3-1-2-4-13(12)20-15;1-5(2,3)4/h1-8,18H;(H3,1,2,3,4). The Kier molecular flexibility index (Phi) is 4.62. The maximum Gasteiger partial charge on any atom is 0.466 e. The second-order valence-corrected chi connectivity index (χ2v) is 6.20. The van der Waals surface area contributed by atoms with Gasteiger partial charge in [-0.3, -0.25) is 0 Å². The molecule has 0 fully saturated rings. The Labute approximate surface area is 145 Å². The van der Waals surface area contributed by atoms with E-state index < -0.39 is 13.4 Å². The number of rotatable bonds is 1. The molecule has 2 heterocycles. The van der Waals surface area contributed by atoms with E-state index in [-0.39, 0.29) is 17.2 Å². The van der Waals surface area contributed by atoms with Gasteiger partial charge in [0.1, 0.15) is 22.4 Å². The number of aromatic nitrogens is 1. The summed E-state index contributed by atoms with van der Waals surface area (Å²) in [6, 6.07) is 13.5. The molecular formula is C16H12NO8P. The maximum atomic E-state index is 12.1. The van der Waals surface area contributed by atoms with Crippen LogP contribution in [0, 0.1) is 0 Å². The number of phenolic OH excluding ortho intramolecular Hbond substituents is 1. The number of phenols is 1. The summed E-state index contributed by atoms with van der Waals surface area (Å²) in [5, 5.41) is 10.1. The van der Waals surface area contributed by atoms with Crippen LogP contribution in [0.2, 0.25) is 0 Å². The highest BCUT2D eigenvalue weighted by Crippen LogP contribution is 2.26. The smallest absolute Gasteiger partial charge is 0.466 e. The Hall–Kier alpha value is -2.97. The zero-order valence-corrected chi connectivity index (χ0v) is 13.8. The second-order valence-electron chi connectivity index (χ2n) is 5.17. The lowest BCUT2D eigenvalue weighted by Gasteiger charge is -1.99. The monoisotopic (exact) mass is 377 g/mol. The predicted octanol–water partition coefficient (Wildman–Crippen LogP) is 2.38. The lowest BCUT2D eigenvalue weighted by atomic mass is 10.2. The van der Waals surface area contributed by atoms with Crippen LogP contribution in [0.4, 0.5) is 0 Å². The predicted molar refractivity (Wildman–Crippen MR) is 91.4 cm³/mol. The van der Waals surface area contributed by atoms with E-state index in [4.69, 9.17) is 28.1 Å². The highest BCUT2D eigenvalue weighted by molar-refractivity contribution is 7.45. The van der Waals surface area contributed by atoms with Crippen molar-refractivity contribution in [1.29, 1.82) is 0 Å². The number of benzene rings is 2. The largest absolute Gasteiger partial charge is 0.508 e. The molecule has 2 aromatic carbocycles. The summed E-state index contributed by atoms with van der Waals surface area (Å²) >= 11 is 0. The molecule has 0 aliphatic heterocycles. The van der Waals surface area contributed by atoms with Crippen molar-refractivity contribution in [3.63, 3.8) is 0 Å². The molecule has 4 rings (SSSR count). The average Bonchev–Trinajstić information content (AvgIpc) is 2.96. The zero-order chi connectivity index (χ0) is 18.9. The molecule has 0 spiro atoms. The van der Waals surface area contributed by atoms with E-state index >= 15 is 0 Å². The lowest BCUT2D eigenvalue weighted by molar-refractivity contribution is 0.275. The van der Waals surface area contributed by atoms with E-state index in [0.717, 1.165) is 0 Å². The Morgan fingerprint density at radius 1 is 0.923 bits per heavy atom. The Morgan fingerprint density at radius 3 is 2.31 bits per heavy atom. The topological polar surface area (TPSA) is 154 Å². The minimum Gasteiger partial charge on any atom is -0.508 e. The second kappa shape index (κ2) is 6.74. The van der Waals surface area contributed by atoms with Crippen LogP contribution in [0.1, 0.15) is 0 Å². The molecular weight excluding hydrogens is 365 g/mol. The minimum atomic E-state index is -4.64. The summed E-state index contributed by atoms with van der Waals surface area (Å²) in [6.45, 7) is 0. The highest BCUT2D eigenvalue weighted by atomic mass is 31.2. The van der Waals surface area contributed by atoms with E-state index in [0.29, 0.717) is 22.1 Å². The van der Waals surface area contributed by atoms with Gasteiger partial charge in [0.05, 0.1) is 0 Å². The van der Waals surface area contributed by atoms with E-state index in [1.807, 2.05) is 18.2 Å². The molecule has 0 unspecified atom stereocenters. The number of phosphoric acid groups is 1. The van der Waals surface area contributed by atoms with Crippen LogP contribution in [0.5, 0.6) is 5.75 Å². The van der Waals surface area contributed by atoms with Gasteiger partial charge in [0.2, 0.25) is 5.89 Å². The van der Waals surface area contributed by atoms with Gasteiger partial charge in [-0.15, -0.1) is 0 Å². The Morgan fingerprint density at radius 2 is 1.62 bits per heavy atom. The highest BCUT2D eigenvalue weighted by Gasteiger charge is 2.14. The molecule has 0 saturated heterocycles. The number of oxazole rings is 1. The van der Waals surface area contributed by atoms with E-state index in [9.17, 15) is 9.90 Å². The zero-order valence-electron chi connectivity index (χ0n) is 12.9. The summed E-state index contributed by atoms with van der Waals surface area (Å²) in [5.41, 5.74) is 1.30. The van der Waals surface area contributed by atoms with Crippen molar-refractivity contribution in [2.24, 2.45) is 0 Å². The molecule has 4 N–H and O–H groups in total. The summed E-state index contributed by atoms with van der Waals surface area (Å²) in [4.78, 5) is 37.9. The van der Waals surface area contributed by atoms with Crippen molar-refractivity contribution in [2.45, 2.75) is 0 Å². The van der Waals surface area contributed by atoms with Gasteiger partial charge in [-0.25, -0.2) is 14.3 Å². The molecule has 0 radical (unpaired) electrons. The van der Waals surface area contributed by atoms with Gasteiger partial charge in [-0.05, 0) is 30.3 Å². The van der Waals surface area contributed by atoms with Crippen molar-refractivity contribution in [3.8, 4) is 17.2 Å². The fraction of sp³-hybridized carbons (Fsp3) is 0. The first-order valence-electron chi connectivity index (χ1n) is 7.12. The molecule has 0 bridgehead atoms. The fourth-order valence-corrected chi connectivity index (χ4v) is 2.24. The van der Waals surface area contributed by atoms with Gasteiger partial charge < -0.3 is 28.6 Å². The molecule has 2 aromatic heterocycles. The van der Waals surface area contributed by atoms with Gasteiger partial charge in [0, 0.05) is 11.5 Å². The first kappa shape index (κ1) is 17.8. The molecule has 0 aliphatic carbocycles. The molecule has 0 aliphatic rings. The molecule has 0 saturated carbocycles. The van der Waals surface area contributed by atoms with Crippen LogP contribution in [-0.4, -0.2) is 24.8 Å². The lowest BCUT2D eigenvalue weighted by Crippen LogP contribution is -2.02. The van der Waals surface area contributed by atoms with Crippen LogP contribution in [0.25, 0.3) is 33.5 Å². The molecule has 26 heavy (non-hydrogen) atoms. The normalized spacial score (nSPS) is 11.3. The van der Waals surface area contributed by atoms with E-state index in [1.54, 1.807) is 18.2 Å². The summed E-state index contributed by atoms with van der Waals surface area (Å²) < 4.78 is 19.7. The van der Waals surface area contributed by atoms with Gasteiger partial charge in [-0.1, -0.05) is 12.1 Å². The van der Waals surface area contributed by atoms with Crippen molar-refractivity contribution >= 4 is 29.9 Å². The van der Waals surface area contributed by atoms with Crippen LogP contribution in [0.15, 0.2) is 62.2 Å². The number of hydrogen-bond acceptors (Lipinski definition) is 6. The Balaban J connectivity index is 0.000000349. The molecule has 4 aromatic rings. The first-order valence-corrected chi connectivity index (χ1v) is 8.68. The van der Waals surface area contributed by atoms with Gasteiger partial charge in [0.25, 0.3) is 0 Å². The van der Waals surface area contributed by atoms with Crippen molar-refractivity contribution in [2.75, 3.05) is 0 Å². The molecule has 10 heteroatoms. The number of nitrogens with zero attached hydrogens (tertiary/aromatic N) is 1. The number of fused-ring (bicyclic) bond motifs is 2. The average molecular weight is 377 g/mol. The number of aromatic hydroxyl groups is 1. The van der Waals surface area contributed by atoms with Crippen molar-refractivity contribution < 1.29 is 33.2 Å². The summed E-state index contributed by atoms with van der Waals surface area (Å²) in [5.74, 6) is 0.264. The third-order valence-corrected chi connectivity index (χ3v) is 3.24. The number of hydrogen-bond donors (Lipinski definition) is 4. The first-order chi connectivity index (χ1) is 12.2. The fourth-order valence-electron chi connectivity index (χ4n) is 2.24. The third-order valence-electron chi connectivity index (χ3n) is 3.24. The molecule has 9 nitrogen and oxygen atoms in total. The molecule has 0 amide bonds. The SMILES string of the molecule is O=P(O)(O)O.O=c1oc2cc(O)ccc2cc1-c1nc2ccccc2o1. The summed E-state index contributed by atoms with van der Waals surface area (Å²) in [7, 11) is -4.64. The van der Waals surface area contributed by atoms with Crippen LogP contribution in [-0.2, 0) is 4.57 Å². The van der Waals surface area contributed by atoms with Crippen LogP contribution in [0.3, 0.4) is 0 Å². The van der Waals surface area contributed by atoms with Gasteiger partial charge >= 0.3 is 13.4 Å². The Bertz CT molecular complexity index is 1150. The summed E-state index contributed by atoms with van der Waals surface area (Å²) in [6.07, 6.45) is 0. The van der Waals surface area contributed by atoms with Gasteiger partial charge in [-0.2, -0.15) is 0 Å².